The fourth-order valence-electron chi connectivity index (χ4n) is 3.48. The Kier molecular flexibility index (Phi) is 8.29. The van der Waals surface area contributed by atoms with E-state index < -0.39 is 5.41 Å². The van der Waals surface area contributed by atoms with Gasteiger partial charge < -0.3 is 22.5 Å². The molecule has 2 aromatic carbocycles. The number of benzene rings is 2. The highest BCUT2D eigenvalue weighted by Gasteiger charge is 2.36. The van der Waals surface area contributed by atoms with Gasteiger partial charge in [0.05, 0.1) is 18.6 Å². The highest BCUT2D eigenvalue weighted by atomic mass is 35.5. The minimum atomic E-state index is -0.693. The maximum Gasteiger partial charge on any atom is 0.234 e. The average Bonchev–Trinajstić information content (AvgIpc) is 2.72. The third kappa shape index (κ3) is 5.32. The molecule has 0 saturated carbocycles. The highest BCUT2D eigenvalue weighted by Crippen LogP contribution is 2.32. The van der Waals surface area contributed by atoms with Crippen LogP contribution in [0.15, 0.2) is 60.7 Å². The number of carbonyl (C=O) groups excluding carboxylic acids is 1. The van der Waals surface area contributed by atoms with E-state index in [9.17, 15) is 4.79 Å². The number of rotatable bonds is 7. The summed E-state index contributed by atoms with van der Waals surface area (Å²) in [6, 6.07) is 20.0. The maximum atomic E-state index is 13.2. The Morgan fingerprint density at radius 2 is 1.52 bits per heavy atom. The molecule has 1 saturated heterocycles. The summed E-state index contributed by atoms with van der Waals surface area (Å²) in [6.07, 6.45) is 0.950. The molecule has 1 aliphatic heterocycles. The van der Waals surface area contributed by atoms with Gasteiger partial charge >= 0.3 is 0 Å². The van der Waals surface area contributed by atoms with E-state index in [1.807, 2.05) is 67.6 Å². The molecule has 1 aliphatic rings. The Hall–Kier alpha value is -1.88. The Morgan fingerprint density at radius 3 is 2.04 bits per heavy atom. The van der Waals surface area contributed by atoms with Gasteiger partial charge in [-0.25, -0.2) is 0 Å². The minimum absolute atomic E-state index is 0. The molecule has 3 rings (SSSR count). The van der Waals surface area contributed by atoms with Crippen molar-refractivity contribution in [3.05, 3.63) is 71.8 Å². The van der Waals surface area contributed by atoms with Crippen molar-refractivity contribution < 1.29 is 21.9 Å². The number of hydrogen-bond donors (Lipinski definition) is 1. The van der Waals surface area contributed by atoms with Gasteiger partial charge in [-0.3, -0.25) is 9.69 Å². The summed E-state index contributed by atoms with van der Waals surface area (Å²) in [5, 5.41) is 3.16. The van der Waals surface area contributed by atoms with Crippen LogP contribution in [0, 0.1) is 0 Å². The van der Waals surface area contributed by atoms with E-state index in [-0.39, 0.29) is 18.3 Å². The molecular formula is C22H28ClN2O2-. The van der Waals surface area contributed by atoms with Crippen molar-refractivity contribution in [3.8, 4) is 0 Å². The van der Waals surface area contributed by atoms with Gasteiger partial charge in [-0.2, -0.15) is 0 Å². The lowest BCUT2D eigenvalue weighted by molar-refractivity contribution is -0.124. The summed E-state index contributed by atoms with van der Waals surface area (Å²) >= 11 is 0. The largest absolute Gasteiger partial charge is 1.00 e. The van der Waals surface area contributed by atoms with E-state index in [0.29, 0.717) is 6.54 Å². The second kappa shape index (κ2) is 10.5. The number of carbonyl (C=O) groups is 1. The first-order valence-electron chi connectivity index (χ1n) is 9.41. The molecule has 0 bridgehead atoms. The fraction of sp³-hybridized carbons (Fsp3) is 0.409. The summed E-state index contributed by atoms with van der Waals surface area (Å²) in [4.78, 5) is 15.6. The predicted octanol–water partition coefficient (Wildman–Crippen LogP) is -0.165. The van der Waals surface area contributed by atoms with Crippen LogP contribution in [0.1, 0.15) is 24.5 Å². The van der Waals surface area contributed by atoms with Crippen molar-refractivity contribution in [2.24, 2.45) is 0 Å². The Balaban J connectivity index is 0.00000261. The summed E-state index contributed by atoms with van der Waals surface area (Å²) in [5.74, 6) is 0.0527. The molecule has 5 heteroatoms. The lowest BCUT2D eigenvalue weighted by Gasteiger charge is -2.30. The number of morpholine rings is 1. The lowest BCUT2D eigenvalue weighted by Crippen LogP contribution is -3.00. The molecule has 1 N–H and O–H groups in total. The molecule has 0 aliphatic carbocycles. The molecule has 146 valence electrons. The minimum Gasteiger partial charge on any atom is -1.00 e. The van der Waals surface area contributed by atoms with Crippen molar-refractivity contribution >= 4 is 5.91 Å². The van der Waals surface area contributed by atoms with Crippen molar-refractivity contribution in [3.63, 3.8) is 0 Å². The standard InChI is InChI=1S/C22H28N2O2.ClH/c1-22(19-9-4-2-5-10-19,20-11-6-3-7-12-20)21(25)23-13-8-14-24-15-17-26-18-16-24;/h2-7,9-12H,8,13-18H2,1H3,(H,23,25);1H/p-1. The molecular weight excluding hydrogens is 360 g/mol. The predicted molar refractivity (Wildman–Crippen MR) is 104 cm³/mol. The van der Waals surface area contributed by atoms with Gasteiger partial charge in [-0.1, -0.05) is 60.7 Å². The number of nitrogens with zero attached hydrogens (tertiary/aromatic N) is 1. The van der Waals surface area contributed by atoms with Gasteiger partial charge in [0, 0.05) is 19.6 Å². The first kappa shape index (κ1) is 21.4. The zero-order valence-electron chi connectivity index (χ0n) is 15.9. The number of nitrogens with one attached hydrogen (secondary N) is 1. The van der Waals surface area contributed by atoms with E-state index in [1.165, 1.54) is 0 Å². The monoisotopic (exact) mass is 387 g/mol. The fourth-order valence-corrected chi connectivity index (χ4v) is 3.48. The molecule has 2 aromatic rings. The quantitative estimate of drug-likeness (QED) is 0.671. The normalized spacial score (nSPS) is 15.0. The second-order valence-electron chi connectivity index (χ2n) is 6.92. The van der Waals surface area contributed by atoms with Crippen molar-refractivity contribution in [1.29, 1.82) is 0 Å². The van der Waals surface area contributed by atoms with Crippen LogP contribution in [-0.2, 0) is 14.9 Å². The van der Waals surface area contributed by atoms with Crippen molar-refractivity contribution in [1.82, 2.24) is 10.2 Å². The van der Waals surface area contributed by atoms with Gasteiger partial charge in [0.15, 0.2) is 0 Å². The molecule has 0 spiro atoms. The van der Waals surface area contributed by atoms with Gasteiger partial charge in [0.25, 0.3) is 0 Å². The van der Waals surface area contributed by atoms with Gasteiger partial charge in [-0.05, 0) is 31.0 Å². The SMILES string of the molecule is CC(C(=O)NCCCN1CCOCC1)(c1ccccc1)c1ccccc1.[Cl-]. The molecule has 0 unspecified atom stereocenters. The van der Waals surface area contributed by atoms with E-state index in [1.54, 1.807) is 0 Å². The average molecular weight is 388 g/mol. The summed E-state index contributed by atoms with van der Waals surface area (Å²) in [5.41, 5.74) is 1.33. The lowest BCUT2D eigenvalue weighted by atomic mass is 9.75. The van der Waals surface area contributed by atoms with Crippen LogP contribution in [-0.4, -0.2) is 50.2 Å². The van der Waals surface area contributed by atoms with Crippen molar-refractivity contribution in [2.75, 3.05) is 39.4 Å². The summed E-state index contributed by atoms with van der Waals surface area (Å²) in [7, 11) is 0. The molecule has 4 nitrogen and oxygen atoms in total. The number of ether oxygens (including phenoxy) is 1. The Bertz CT molecular complexity index is 648. The molecule has 1 fully saturated rings. The van der Waals surface area contributed by atoms with Gasteiger partial charge in [0.2, 0.25) is 5.91 Å². The molecule has 1 heterocycles. The van der Waals surface area contributed by atoms with Crippen LogP contribution < -0.4 is 17.7 Å². The third-order valence-corrected chi connectivity index (χ3v) is 5.20. The smallest absolute Gasteiger partial charge is 0.234 e. The highest BCUT2D eigenvalue weighted by molar-refractivity contribution is 5.91. The molecule has 27 heavy (non-hydrogen) atoms. The van der Waals surface area contributed by atoms with Crippen LogP contribution in [0.5, 0.6) is 0 Å². The van der Waals surface area contributed by atoms with Crippen LogP contribution in [0.3, 0.4) is 0 Å². The van der Waals surface area contributed by atoms with Crippen LogP contribution >= 0.6 is 0 Å². The third-order valence-electron chi connectivity index (χ3n) is 5.20. The van der Waals surface area contributed by atoms with E-state index in [0.717, 1.165) is 50.4 Å². The summed E-state index contributed by atoms with van der Waals surface area (Å²) in [6.45, 7) is 7.29. The zero-order valence-corrected chi connectivity index (χ0v) is 16.6. The first-order valence-corrected chi connectivity index (χ1v) is 9.41. The molecule has 0 atom stereocenters. The van der Waals surface area contributed by atoms with E-state index in [2.05, 4.69) is 10.2 Å². The first-order chi connectivity index (χ1) is 12.7. The van der Waals surface area contributed by atoms with Gasteiger partial charge in [0.1, 0.15) is 0 Å². The van der Waals surface area contributed by atoms with Crippen LogP contribution in [0.2, 0.25) is 0 Å². The van der Waals surface area contributed by atoms with Crippen LogP contribution in [0.4, 0.5) is 0 Å². The maximum absolute atomic E-state index is 13.2. The number of amides is 1. The Morgan fingerprint density at radius 1 is 1.00 bits per heavy atom. The van der Waals surface area contributed by atoms with Crippen molar-refractivity contribution in [2.45, 2.75) is 18.8 Å². The molecule has 0 radical (unpaired) electrons. The van der Waals surface area contributed by atoms with E-state index >= 15 is 0 Å². The van der Waals surface area contributed by atoms with E-state index in [4.69, 9.17) is 4.74 Å². The number of hydrogen-bond acceptors (Lipinski definition) is 3. The van der Waals surface area contributed by atoms with Crippen LogP contribution in [0.25, 0.3) is 0 Å². The Labute approximate surface area is 168 Å². The second-order valence-corrected chi connectivity index (χ2v) is 6.92. The molecule has 1 amide bonds. The zero-order chi connectivity index (χ0) is 18.2. The topological polar surface area (TPSA) is 41.6 Å². The number of halogens is 1. The van der Waals surface area contributed by atoms with Gasteiger partial charge in [-0.15, -0.1) is 0 Å². The molecule has 0 aromatic heterocycles. The summed E-state index contributed by atoms with van der Waals surface area (Å²) < 4.78 is 5.38.